The summed E-state index contributed by atoms with van der Waals surface area (Å²) in [5.74, 6) is -0.378. The summed E-state index contributed by atoms with van der Waals surface area (Å²) in [6.45, 7) is 3.43. The van der Waals surface area contributed by atoms with Crippen molar-refractivity contribution in [3.05, 3.63) is 33.6 Å². The van der Waals surface area contributed by atoms with E-state index in [9.17, 15) is 14.9 Å². The Morgan fingerprint density at radius 1 is 1.45 bits per heavy atom. The van der Waals surface area contributed by atoms with Crippen molar-refractivity contribution in [1.29, 1.82) is 0 Å². The molecular formula is C13H13NO6. The Labute approximate surface area is 114 Å². The van der Waals surface area contributed by atoms with E-state index in [2.05, 4.69) is 0 Å². The number of benzene rings is 1. The van der Waals surface area contributed by atoms with Crippen LogP contribution in [-0.4, -0.2) is 24.6 Å². The van der Waals surface area contributed by atoms with Crippen LogP contribution in [0.5, 0.6) is 5.75 Å². The Morgan fingerprint density at radius 3 is 2.70 bits per heavy atom. The maximum atomic E-state index is 11.8. The lowest BCUT2D eigenvalue weighted by molar-refractivity contribution is -0.383. The van der Waals surface area contributed by atoms with Crippen LogP contribution in [0.25, 0.3) is 11.0 Å². The Balaban J connectivity index is 2.77. The summed E-state index contributed by atoms with van der Waals surface area (Å²) in [6.07, 6.45) is 0. The Hall–Kier alpha value is -2.57. The number of nitro benzene ring substituents is 1. The lowest BCUT2D eigenvalue weighted by Crippen LogP contribution is -2.04. The number of rotatable bonds is 4. The summed E-state index contributed by atoms with van der Waals surface area (Å²) in [6, 6.07) is 2.75. The molecule has 0 radical (unpaired) electrons. The topological polar surface area (TPSA) is 91.8 Å². The number of hydrogen-bond acceptors (Lipinski definition) is 6. The molecule has 20 heavy (non-hydrogen) atoms. The van der Waals surface area contributed by atoms with Crippen molar-refractivity contribution >= 4 is 22.6 Å². The molecule has 0 amide bonds. The number of carbonyl (C=O) groups excluding carboxylic acids is 1. The second-order valence-corrected chi connectivity index (χ2v) is 4.02. The van der Waals surface area contributed by atoms with E-state index < -0.39 is 10.9 Å². The SMILES string of the molecule is CCOC(=O)c1oc2c(OC)ccc([N+](=O)[O-])c2c1C. The molecule has 106 valence electrons. The smallest absolute Gasteiger partial charge is 0.374 e. The zero-order valence-corrected chi connectivity index (χ0v) is 11.3. The minimum atomic E-state index is -0.655. The maximum Gasteiger partial charge on any atom is 0.374 e. The van der Waals surface area contributed by atoms with Gasteiger partial charge in [-0.15, -0.1) is 0 Å². The second kappa shape index (κ2) is 5.20. The van der Waals surface area contributed by atoms with E-state index in [1.54, 1.807) is 13.8 Å². The first kappa shape index (κ1) is 13.9. The normalized spacial score (nSPS) is 10.6. The standard InChI is InChI=1S/C13H13NO6/c1-4-19-13(15)11-7(2)10-8(14(16)17)5-6-9(18-3)12(10)20-11/h5-6H,4H2,1-3H3. The van der Waals surface area contributed by atoms with Crippen LogP contribution in [0.2, 0.25) is 0 Å². The van der Waals surface area contributed by atoms with E-state index in [0.717, 1.165) is 0 Å². The van der Waals surface area contributed by atoms with Crippen LogP contribution in [0.1, 0.15) is 23.0 Å². The molecule has 1 heterocycles. The van der Waals surface area contributed by atoms with Gasteiger partial charge in [-0.05, 0) is 19.9 Å². The van der Waals surface area contributed by atoms with Gasteiger partial charge in [0.25, 0.3) is 5.69 Å². The molecule has 0 aliphatic heterocycles. The van der Waals surface area contributed by atoms with Gasteiger partial charge in [0, 0.05) is 11.6 Å². The van der Waals surface area contributed by atoms with Crippen LogP contribution in [0.4, 0.5) is 5.69 Å². The molecule has 0 spiro atoms. The van der Waals surface area contributed by atoms with Crippen molar-refractivity contribution in [2.75, 3.05) is 13.7 Å². The number of nitro groups is 1. The largest absolute Gasteiger partial charge is 0.493 e. The molecule has 0 fully saturated rings. The van der Waals surface area contributed by atoms with Gasteiger partial charge in [-0.25, -0.2) is 4.79 Å². The van der Waals surface area contributed by atoms with Gasteiger partial charge in [0.05, 0.1) is 18.6 Å². The molecule has 0 atom stereocenters. The lowest BCUT2D eigenvalue weighted by atomic mass is 10.1. The van der Waals surface area contributed by atoms with Crippen LogP contribution < -0.4 is 4.74 Å². The van der Waals surface area contributed by atoms with E-state index in [-0.39, 0.29) is 29.0 Å². The van der Waals surface area contributed by atoms with Gasteiger partial charge in [-0.2, -0.15) is 0 Å². The molecule has 1 aromatic heterocycles. The fraction of sp³-hybridized carbons (Fsp3) is 0.308. The highest BCUT2D eigenvalue weighted by molar-refractivity contribution is 6.01. The summed E-state index contributed by atoms with van der Waals surface area (Å²) >= 11 is 0. The molecule has 2 rings (SSSR count). The number of methoxy groups -OCH3 is 1. The summed E-state index contributed by atoms with van der Waals surface area (Å²) < 4.78 is 15.4. The number of furan rings is 1. The summed E-state index contributed by atoms with van der Waals surface area (Å²) in [4.78, 5) is 22.3. The molecule has 0 saturated carbocycles. The van der Waals surface area contributed by atoms with E-state index in [0.29, 0.717) is 11.3 Å². The highest BCUT2D eigenvalue weighted by atomic mass is 16.6. The molecule has 0 bridgehead atoms. The van der Waals surface area contributed by atoms with Gasteiger partial charge in [-0.1, -0.05) is 0 Å². The molecule has 7 nitrogen and oxygen atoms in total. The molecule has 2 aromatic rings. The van der Waals surface area contributed by atoms with Crippen LogP contribution in [0.15, 0.2) is 16.5 Å². The highest BCUT2D eigenvalue weighted by Crippen LogP contribution is 2.38. The fourth-order valence-corrected chi connectivity index (χ4v) is 2.01. The second-order valence-electron chi connectivity index (χ2n) is 4.02. The lowest BCUT2D eigenvalue weighted by Gasteiger charge is -2.00. The number of esters is 1. The Morgan fingerprint density at radius 2 is 2.15 bits per heavy atom. The zero-order chi connectivity index (χ0) is 14.9. The molecule has 1 aromatic carbocycles. The molecule has 0 saturated heterocycles. The van der Waals surface area contributed by atoms with Gasteiger partial charge < -0.3 is 13.9 Å². The highest BCUT2D eigenvalue weighted by Gasteiger charge is 2.27. The number of non-ortho nitro benzene ring substituents is 1. The third-order valence-electron chi connectivity index (χ3n) is 2.90. The van der Waals surface area contributed by atoms with Crippen LogP contribution in [0.3, 0.4) is 0 Å². The Bertz CT molecular complexity index is 688. The van der Waals surface area contributed by atoms with Gasteiger partial charge in [0.15, 0.2) is 11.3 Å². The summed E-state index contributed by atoms with van der Waals surface area (Å²) in [7, 11) is 1.42. The molecule has 0 unspecified atom stereocenters. The molecule has 0 N–H and O–H groups in total. The van der Waals surface area contributed by atoms with E-state index >= 15 is 0 Å². The van der Waals surface area contributed by atoms with Crippen molar-refractivity contribution in [3.8, 4) is 5.75 Å². The third-order valence-corrected chi connectivity index (χ3v) is 2.90. The van der Waals surface area contributed by atoms with E-state index in [1.807, 2.05) is 0 Å². The van der Waals surface area contributed by atoms with E-state index in [1.165, 1.54) is 19.2 Å². The number of aryl methyl sites for hydroxylation is 1. The Kier molecular flexibility index (Phi) is 3.60. The predicted octanol–water partition coefficient (Wildman–Crippen LogP) is 2.83. The van der Waals surface area contributed by atoms with Gasteiger partial charge in [0.2, 0.25) is 5.76 Å². The molecular weight excluding hydrogens is 266 g/mol. The first-order chi connectivity index (χ1) is 9.51. The van der Waals surface area contributed by atoms with Gasteiger partial charge in [-0.3, -0.25) is 10.1 Å². The number of fused-ring (bicyclic) bond motifs is 1. The minimum Gasteiger partial charge on any atom is -0.493 e. The molecule has 7 heteroatoms. The zero-order valence-electron chi connectivity index (χ0n) is 11.3. The van der Waals surface area contributed by atoms with Crippen LogP contribution in [-0.2, 0) is 4.74 Å². The fourth-order valence-electron chi connectivity index (χ4n) is 2.01. The predicted molar refractivity (Wildman–Crippen MR) is 70.1 cm³/mol. The number of carbonyl (C=O) groups is 1. The molecule has 0 aliphatic carbocycles. The average molecular weight is 279 g/mol. The monoisotopic (exact) mass is 279 g/mol. The third kappa shape index (κ3) is 2.07. The average Bonchev–Trinajstić information content (AvgIpc) is 2.76. The summed E-state index contributed by atoms with van der Waals surface area (Å²) in [5.41, 5.74) is 0.393. The van der Waals surface area contributed by atoms with Gasteiger partial charge in [0.1, 0.15) is 5.39 Å². The quantitative estimate of drug-likeness (QED) is 0.485. The first-order valence-electron chi connectivity index (χ1n) is 5.92. The maximum absolute atomic E-state index is 11.8. The van der Waals surface area contributed by atoms with Crippen LogP contribution in [0, 0.1) is 17.0 Å². The van der Waals surface area contributed by atoms with Crippen molar-refractivity contribution in [2.45, 2.75) is 13.8 Å². The number of hydrogen-bond donors (Lipinski definition) is 0. The van der Waals surface area contributed by atoms with Crippen molar-refractivity contribution in [3.63, 3.8) is 0 Å². The molecule has 0 aliphatic rings. The van der Waals surface area contributed by atoms with E-state index in [4.69, 9.17) is 13.9 Å². The number of ether oxygens (including phenoxy) is 2. The van der Waals surface area contributed by atoms with Gasteiger partial charge >= 0.3 is 5.97 Å². The van der Waals surface area contributed by atoms with Crippen LogP contribution >= 0.6 is 0 Å². The summed E-state index contributed by atoms with van der Waals surface area (Å²) in [5, 5.41) is 11.3. The van der Waals surface area contributed by atoms with Crippen molar-refractivity contribution < 1.29 is 23.6 Å². The number of nitrogens with zero attached hydrogens (tertiary/aromatic N) is 1. The minimum absolute atomic E-state index is 0.0468. The first-order valence-corrected chi connectivity index (χ1v) is 5.92. The van der Waals surface area contributed by atoms with Crippen molar-refractivity contribution in [1.82, 2.24) is 0 Å². The van der Waals surface area contributed by atoms with Crippen molar-refractivity contribution in [2.24, 2.45) is 0 Å².